The van der Waals surface area contributed by atoms with E-state index in [1.807, 2.05) is 48.2 Å². The molecule has 0 aliphatic carbocycles. The molecule has 0 saturated carbocycles. The summed E-state index contributed by atoms with van der Waals surface area (Å²) in [6, 6.07) is 15.7. The summed E-state index contributed by atoms with van der Waals surface area (Å²) in [5, 5.41) is 1.24. The number of hydrogen-bond acceptors (Lipinski definition) is 4. The molecule has 0 saturated heterocycles. The molecule has 0 bridgehead atoms. The summed E-state index contributed by atoms with van der Waals surface area (Å²) >= 11 is 1.36. The first-order chi connectivity index (χ1) is 14.1. The van der Waals surface area contributed by atoms with E-state index in [-0.39, 0.29) is 23.3 Å². The smallest absolute Gasteiger partial charge is 0.262 e. The average molecular weight is 408 g/mol. The second kappa shape index (κ2) is 8.41. The lowest BCUT2D eigenvalue weighted by atomic mass is 10.00. The van der Waals surface area contributed by atoms with Gasteiger partial charge in [-0.1, -0.05) is 55.1 Å². The number of para-hydroxylation sites is 1. The van der Waals surface area contributed by atoms with Gasteiger partial charge in [-0.2, -0.15) is 0 Å². The van der Waals surface area contributed by atoms with Crippen molar-refractivity contribution in [2.24, 2.45) is 0 Å². The molecule has 1 aromatic heterocycles. The number of amides is 1. The van der Waals surface area contributed by atoms with Crippen LogP contribution in [0.5, 0.6) is 0 Å². The molecule has 1 aliphatic rings. The van der Waals surface area contributed by atoms with E-state index in [1.54, 1.807) is 4.57 Å². The van der Waals surface area contributed by atoms with Crippen LogP contribution in [0.3, 0.4) is 0 Å². The topological polar surface area (TPSA) is 55.2 Å². The monoisotopic (exact) mass is 407 g/mol. The van der Waals surface area contributed by atoms with Crippen molar-refractivity contribution < 1.29 is 4.79 Å². The molecule has 6 heteroatoms. The van der Waals surface area contributed by atoms with Gasteiger partial charge in [0.05, 0.1) is 16.7 Å². The van der Waals surface area contributed by atoms with Gasteiger partial charge in [-0.05, 0) is 43.0 Å². The fraction of sp³-hybridized carbons (Fsp3) is 0.348. The predicted molar refractivity (Wildman–Crippen MR) is 117 cm³/mol. The highest BCUT2D eigenvalue weighted by molar-refractivity contribution is 7.99. The Balaban J connectivity index is 1.56. The molecular weight excluding hydrogens is 382 g/mol. The van der Waals surface area contributed by atoms with Crippen molar-refractivity contribution >= 4 is 28.6 Å². The minimum Gasteiger partial charge on any atom is -0.337 e. The van der Waals surface area contributed by atoms with Crippen LogP contribution in [0.1, 0.15) is 37.4 Å². The highest BCUT2D eigenvalue weighted by Crippen LogP contribution is 2.24. The van der Waals surface area contributed by atoms with Crippen molar-refractivity contribution in [3.63, 3.8) is 0 Å². The standard InChI is InChI=1S/C23H25N3O2S/c1-3-16(2)26-22(28)19-10-6-7-11-20(19)24-23(26)29-15-21(27)25-13-12-17-8-4-5-9-18(17)14-25/h4-11,16H,3,12-15H2,1-2H3/t16-/m1/s1. The molecule has 0 N–H and O–H groups in total. The number of nitrogens with zero attached hydrogens (tertiary/aromatic N) is 3. The first kappa shape index (κ1) is 19.7. The molecule has 2 aromatic carbocycles. The third kappa shape index (κ3) is 3.94. The summed E-state index contributed by atoms with van der Waals surface area (Å²) in [7, 11) is 0. The Morgan fingerprint density at radius 3 is 2.66 bits per heavy atom. The molecule has 4 rings (SSSR count). The van der Waals surface area contributed by atoms with E-state index in [1.165, 1.54) is 22.9 Å². The number of hydrogen-bond donors (Lipinski definition) is 0. The fourth-order valence-electron chi connectivity index (χ4n) is 3.72. The van der Waals surface area contributed by atoms with E-state index in [0.29, 0.717) is 22.6 Å². The molecular formula is C23H25N3O2S. The third-order valence-corrected chi connectivity index (χ3v) is 6.55. The van der Waals surface area contributed by atoms with Gasteiger partial charge in [-0.3, -0.25) is 14.2 Å². The van der Waals surface area contributed by atoms with E-state index in [2.05, 4.69) is 19.1 Å². The molecule has 1 atom stereocenters. The van der Waals surface area contributed by atoms with Crippen LogP contribution in [-0.2, 0) is 17.8 Å². The van der Waals surface area contributed by atoms with Gasteiger partial charge in [-0.15, -0.1) is 0 Å². The van der Waals surface area contributed by atoms with Crippen LogP contribution in [0.15, 0.2) is 58.5 Å². The molecule has 5 nitrogen and oxygen atoms in total. The van der Waals surface area contributed by atoms with Gasteiger partial charge in [-0.25, -0.2) is 4.98 Å². The first-order valence-electron chi connectivity index (χ1n) is 10.1. The molecule has 1 amide bonds. The summed E-state index contributed by atoms with van der Waals surface area (Å²) < 4.78 is 1.74. The van der Waals surface area contributed by atoms with Crippen LogP contribution in [0.25, 0.3) is 10.9 Å². The molecule has 0 unspecified atom stereocenters. The third-order valence-electron chi connectivity index (χ3n) is 5.62. The Hall–Kier alpha value is -2.60. The van der Waals surface area contributed by atoms with Gasteiger partial charge < -0.3 is 4.90 Å². The molecule has 3 aromatic rings. The zero-order valence-corrected chi connectivity index (χ0v) is 17.6. The van der Waals surface area contributed by atoms with E-state index in [0.717, 1.165) is 19.4 Å². The normalized spacial score (nSPS) is 14.6. The lowest BCUT2D eigenvalue weighted by Gasteiger charge is -2.29. The van der Waals surface area contributed by atoms with Crippen LogP contribution in [0.4, 0.5) is 0 Å². The molecule has 29 heavy (non-hydrogen) atoms. The average Bonchev–Trinajstić information content (AvgIpc) is 2.76. The summed E-state index contributed by atoms with van der Waals surface area (Å²) in [4.78, 5) is 32.5. The minimum atomic E-state index is -0.0354. The zero-order valence-electron chi connectivity index (χ0n) is 16.8. The van der Waals surface area contributed by atoms with E-state index >= 15 is 0 Å². The van der Waals surface area contributed by atoms with Crippen molar-refractivity contribution in [1.82, 2.24) is 14.5 Å². The Morgan fingerprint density at radius 1 is 1.14 bits per heavy atom. The van der Waals surface area contributed by atoms with E-state index < -0.39 is 0 Å². The molecule has 0 fully saturated rings. The number of rotatable bonds is 5. The Bertz CT molecular complexity index is 1110. The largest absolute Gasteiger partial charge is 0.337 e. The van der Waals surface area contributed by atoms with Gasteiger partial charge in [0.25, 0.3) is 5.56 Å². The van der Waals surface area contributed by atoms with Crippen molar-refractivity contribution in [1.29, 1.82) is 0 Å². The first-order valence-corrected chi connectivity index (χ1v) is 11.1. The van der Waals surface area contributed by atoms with Crippen molar-refractivity contribution in [3.05, 3.63) is 70.0 Å². The number of fused-ring (bicyclic) bond motifs is 2. The number of benzene rings is 2. The number of aromatic nitrogens is 2. The van der Waals surface area contributed by atoms with Crippen LogP contribution in [0.2, 0.25) is 0 Å². The molecule has 2 heterocycles. The predicted octanol–water partition coefficient (Wildman–Crippen LogP) is 4.04. The number of carbonyl (C=O) groups is 1. The van der Waals surface area contributed by atoms with Crippen molar-refractivity contribution in [3.8, 4) is 0 Å². The van der Waals surface area contributed by atoms with Gasteiger partial charge in [0.15, 0.2) is 5.16 Å². The second-order valence-electron chi connectivity index (χ2n) is 7.47. The Labute approximate surface area is 174 Å². The quantitative estimate of drug-likeness (QED) is 0.473. The van der Waals surface area contributed by atoms with E-state index in [4.69, 9.17) is 4.98 Å². The highest BCUT2D eigenvalue weighted by atomic mass is 32.2. The molecule has 0 spiro atoms. The highest BCUT2D eigenvalue weighted by Gasteiger charge is 2.22. The van der Waals surface area contributed by atoms with Gasteiger partial charge >= 0.3 is 0 Å². The van der Waals surface area contributed by atoms with Crippen molar-refractivity contribution in [2.45, 2.75) is 44.4 Å². The summed E-state index contributed by atoms with van der Waals surface area (Å²) in [6.07, 6.45) is 1.71. The minimum absolute atomic E-state index is 0.0269. The lowest BCUT2D eigenvalue weighted by molar-refractivity contribution is -0.129. The van der Waals surface area contributed by atoms with Gasteiger partial charge in [0.1, 0.15) is 0 Å². The maximum absolute atomic E-state index is 13.0. The summed E-state index contributed by atoms with van der Waals surface area (Å²) in [6.45, 7) is 5.46. The zero-order chi connectivity index (χ0) is 20.4. The van der Waals surface area contributed by atoms with Crippen LogP contribution >= 0.6 is 11.8 Å². The van der Waals surface area contributed by atoms with Gasteiger partial charge in [0, 0.05) is 19.1 Å². The fourth-order valence-corrected chi connectivity index (χ4v) is 4.72. The SMILES string of the molecule is CC[C@@H](C)n1c(SCC(=O)N2CCc3ccccc3C2)nc2ccccc2c1=O. The Morgan fingerprint density at radius 2 is 1.86 bits per heavy atom. The number of thioether (sulfide) groups is 1. The lowest BCUT2D eigenvalue weighted by Crippen LogP contribution is -2.37. The molecule has 1 aliphatic heterocycles. The molecule has 150 valence electrons. The number of carbonyl (C=O) groups excluding carboxylic acids is 1. The van der Waals surface area contributed by atoms with Crippen LogP contribution < -0.4 is 5.56 Å². The summed E-state index contributed by atoms with van der Waals surface area (Å²) in [5.74, 6) is 0.367. The maximum atomic E-state index is 13.0. The van der Waals surface area contributed by atoms with Crippen LogP contribution in [0, 0.1) is 0 Å². The maximum Gasteiger partial charge on any atom is 0.262 e. The summed E-state index contributed by atoms with van der Waals surface area (Å²) in [5.41, 5.74) is 3.19. The molecule has 0 radical (unpaired) electrons. The van der Waals surface area contributed by atoms with Crippen LogP contribution in [-0.4, -0.2) is 32.7 Å². The van der Waals surface area contributed by atoms with Crippen molar-refractivity contribution in [2.75, 3.05) is 12.3 Å². The van der Waals surface area contributed by atoms with E-state index in [9.17, 15) is 9.59 Å². The Kier molecular flexibility index (Phi) is 5.72. The second-order valence-corrected chi connectivity index (χ2v) is 8.41. The van der Waals surface area contributed by atoms with Gasteiger partial charge in [0.2, 0.25) is 5.91 Å².